The average Bonchev–Trinajstić information content (AvgIpc) is 3.16. The highest BCUT2D eigenvalue weighted by Crippen LogP contribution is 2.36. The fourth-order valence-corrected chi connectivity index (χ4v) is 4.61. The van der Waals surface area contributed by atoms with Crippen LogP contribution in [0.1, 0.15) is 42.4 Å². The maximum atomic E-state index is 9.35. The van der Waals surface area contributed by atoms with E-state index in [2.05, 4.69) is 45.8 Å². The second-order valence-corrected chi connectivity index (χ2v) is 8.68. The molecule has 1 N–H and O–H groups in total. The number of nitrogens with one attached hydrogen (secondary N) is 1. The lowest BCUT2D eigenvalue weighted by Crippen LogP contribution is -2.48. The second kappa shape index (κ2) is 8.04. The minimum atomic E-state index is 0.0901. The number of imidazole rings is 1. The Labute approximate surface area is 167 Å². The van der Waals surface area contributed by atoms with Crippen molar-refractivity contribution in [3.05, 3.63) is 53.1 Å². The van der Waals surface area contributed by atoms with E-state index >= 15 is 0 Å². The summed E-state index contributed by atoms with van der Waals surface area (Å²) in [7, 11) is 0. The number of benzene rings is 1. The topological polar surface area (TPSA) is 68.2 Å². The highest BCUT2D eigenvalue weighted by atomic mass is 16.5. The number of H-pyrrole nitrogens is 1. The molecule has 1 aromatic heterocycles. The second-order valence-electron chi connectivity index (χ2n) is 8.68. The van der Waals surface area contributed by atoms with Crippen LogP contribution in [0.3, 0.4) is 0 Å². The van der Waals surface area contributed by atoms with Crippen LogP contribution in [0, 0.1) is 16.7 Å². The number of rotatable bonds is 5. The molecule has 28 heavy (non-hydrogen) atoms. The fourth-order valence-electron chi connectivity index (χ4n) is 4.61. The smallest absolute Gasteiger partial charge is 0.0991 e. The minimum Gasteiger partial charge on any atom is -0.379 e. The molecule has 2 aliphatic heterocycles. The first-order chi connectivity index (χ1) is 13.6. The molecule has 3 heterocycles. The van der Waals surface area contributed by atoms with E-state index < -0.39 is 0 Å². The Bertz CT molecular complexity index is 847. The Morgan fingerprint density at radius 3 is 2.86 bits per heavy atom. The summed E-state index contributed by atoms with van der Waals surface area (Å²) < 4.78 is 5.50. The van der Waals surface area contributed by atoms with Gasteiger partial charge in [-0.05, 0) is 23.1 Å². The average molecular weight is 380 g/mol. The lowest BCUT2D eigenvalue weighted by atomic mass is 9.87. The Morgan fingerprint density at radius 2 is 2.07 bits per heavy atom. The van der Waals surface area contributed by atoms with Crippen molar-refractivity contribution in [2.45, 2.75) is 26.3 Å². The molecule has 1 saturated heterocycles. The van der Waals surface area contributed by atoms with Gasteiger partial charge in [0.2, 0.25) is 0 Å². The summed E-state index contributed by atoms with van der Waals surface area (Å²) in [6, 6.07) is 10.3. The van der Waals surface area contributed by atoms with E-state index in [0.717, 1.165) is 63.6 Å². The zero-order valence-electron chi connectivity index (χ0n) is 16.8. The molecule has 1 atom stereocenters. The molecule has 0 spiro atoms. The molecule has 0 bridgehead atoms. The SMILES string of the molecule is CC(C)(CN1CCOCC1)CN1CCc2[nH]cnc2[C@H]1c1cccc(C#N)c1. The van der Waals surface area contributed by atoms with E-state index in [9.17, 15) is 5.26 Å². The van der Waals surface area contributed by atoms with Gasteiger partial charge < -0.3 is 9.72 Å². The number of aromatic nitrogens is 2. The standard InChI is InChI=1S/C22H29N5O/c1-22(2,14-26-8-10-28-11-9-26)15-27-7-6-19-20(25-16-24-19)21(27)18-5-3-4-17(12-18)13-23/h3-5,12,16,21H,6-11,14-15H2,1-2H3,(H,24,25)/t21-/m1/s1. The van der Waals surface area contributed by atoms with Gasteiger partial charge in [0.1, 0.15) is 0 Å². The van der Waals surface area contributed by atoms with Gasteiger partial charge in [-0.15, -0.1) is 0 Å². The summed E-state index contributed by atoms with van der Waals surface area (Å²) in [5.41, 5.74) is 4.32. The van der Waals surface area contributed by atoms with Crippen molar-refractivity contribution in [2.75, 3.05) is 45.9 Å². The van der Waals surface area contributed by atoms with Crippen LogP contribution in [0.5, 0.6) is 0 Å². The predicted molar refractivity (Wildman–Crippen MR) is 108 cm³/mol. The molecular weight excluding hydrogens is 350 g/mol. The lowest BCUT2D eigenvalue weighted by Gasteiger charge is -2.42. The van der Waals surface area contributed by atoms with Crippen LogP contribution < -0.4 is 0 Å². The van der Waals surface area contributed by atoms with Crippen molar-refractivity contribution < 1.29 is 4.74 Å². The van der Waals surface area contributed by atoms with Crippen molar-refractivity contribution in [1.29, 1.82) is 5.26 Å². The number of hydrogen-bond acceptors (Lipinski definition) is 5. The number of aromatic amines is 1. The van der Waals surface area contributed by atoms with Gasteiger partial charge in [-0.25, -0.2) is 4.98 Å². The van der Waals surface area contributed by atoms with Crippen LogP contribution in [0.25, 0.3) is 0 Å². The van der Waals surface area contributed by atoms with E-state index in [0.29, 0.717) is 5.56 Å². The molecule has 6 nitrogen and oxygen atoms in total. The van der Waals surface area contributed by atoms with Gasteiger partial charge in [0.15, 0.2) is 0 Å². The van der Waals surface area contributed by atoms with Gasteiger partial charge >= 0.3 is 0 Å². The summed E-state index contributed by atoms with van der Waals surface area (Å²) in [5.74, 6) is 0. The zero-order chi connectivity index (χ0) is 19.6. The number of morpholine rings is 1. The van der Waals surface area contributed by atoms with Crippen LogP contribution in [0.15, 0.2) is 30.6 Å². The van der Waals surface area contributed by atoms with Crippen molar-refractivity contribution in [3.63, 3.8) is 0 Å². The van der Waals surface area contributed by atoms with Crippen LogP contribution >= 0.6 is 0 Å². The molecule has 2 aliphatic rings. The molecule has 1 aromatic carbocycles. The minimum absolute atomic E-state index is 0.0901. The summed E-state index contributed by atoms with van der Waals surface area (Å²) in [6.45, 7) is 11.4. The molecule has 4 rings (SSSR count). The lowest BCUT2D eigenvalue weighted by molar-refractivity contribution is 0.0122. The number of nitriles is 1. The van der Waals surface area contributed by atoms with E-state index in [1.807, 2.05) is 18.2 Å². The predicted octanol–water partition coefficient (Wildman–Crippen LogP) is 2.59. The van der Waals surface area contributed by atoms with Crippen LogP contribution in [-0.4, -0.2) is 65.7 Å². The van der Waals surface area contributed by atoms with Gasteiger partial charge in [-0.3, -0.25) is 9.80 Å². The number of nitrogens with zero attached hydrogens (tertiary/aromatic N) is 4. The number of hydrogen-bond donors (Lipinski definition) is 1. The van der Waals surface area contributed by atoms with Crippen molar-refractivity contribution >= 4 is 0 Å². The van der Waals surface area contributed by atoms with Gasteiger partial charge in [-0.2, -0.15) is 5.26 Å². The summed E-state index contributed by atoms with van der Waals surface area (Å²) in [6.07, 6.45) is 2.78. The van der Waals surface area contributed by atoms with Crippen LogP contribution in [0.2, 0.25) is 0 Å². The van der Waals surface area contributed by atoms with E-state index in [1.165, 1.54) is 5.69 Å². The quantitative estimate of drug-likeness (QED) is 0.865. The molecule has 148 valence electrons. The number of fused-ring (bicyclic) bond motifs is 1. The molecule has 0 aliphatic carbocycles. The molecule has 6 heteroatoms. The monoisotopic (exact) mass is 379 g/mol. The Balaban J connectivity index is 1.58. The Kier molecular flexibility index (Phi) is 5.49. The van der Waals surface area contributed by atoms with Gasteiger partial charge in [-0.1, -0.05) is 26.0 Å². The third kappa shape index (κ3) is 4.12. The third-order valence-corrected chi connectivity index (χ3v) is 5.74. The molecule has 0 radical (unpaired) electrons. The zero-order valence-corrected chi connectivity index (χ0v) is 16.8. The fraction of sp³-hybridized carbons (Fsp3) is 0.545. The van der Waals surface area contributed by atoms with Gasteiger partial charge in [0.05, 0.1) is 42.9 Å². The van der Waals surface area contributed by atoms with Crippen LogP contribution in [-0.2, 0) is 11.2 Å². The molecular formula is C22H29N5O. The summed E-state index contributed by atoms with van der Waals surface area (Å²) in [4.78, 5) is 13.0. The first-order valence-electron chi connectivity index (χ1n) is 10.1. The van der Waals surface area contributed by atoms with Crippen molar-refractivity contribution in [2.24, 2.45) is 5.41 Å². The molecule has 1 fully saturated rings. The molecule has 0 amide bonds. The first-order valence-corrected chi connectivity index (χ1v) is 10.1. The Morgan fingerprint density at radius 1 is 1.25 bits per heavy atom. The normalized spacial score (nSPS) is 21.2. The van der Waals surface area contributed by atoms with E-state index in [4.69, 9.17) is 4.74 Å². The first kappa shape index (κ1) is 19.1. The third-order valence-electron chi connectivity index (χ3n) is 5.74. The van der Waals surface area contributed by atoms with Crippen molar-refractivity contribution in [1.82, 2.24) is 19.8 Å². The largest absolute Gasteiger partial charge is 0.379 e. The Hall–Kier alpha value is -2.20. The highest BCUT2D eigenvalue weighted by Gasteiger charge is 2.35. The highest BCUT2D eigenvalue weighted by molar-refractivity contribution is 5.39. The van der Waals surface area contributed by atoms with Gasteiger partial charge in [0, 0.05) is 44.8 Å². The van der Waals surface area contributed by atoms with E-state index in [-0.39, 0.29) is 11.5 Å². The molecule has 0 unspecified atom stereocenters. The molecule has 0 saturated carbocycles. The maximum Gasteiger partial charge on any atom is 0.0991 e. The summed E-state index contributed by atoms with van der Waals surface area (Å²) in [5, 5.41) is 9.35. The van der Waals surface area contributed by atoms with Gasteiger partial charge in [0.25, 0.3) is 0 Å². The molecule has 2 aromatic rings. The maximum absolute atomic E-state index is 9.35. The number of ether oxygens (including phenoxy) is 1. The van der Waals surface area contributed by atoms with Crippen LogP contribution in [0.4, 0.5) is 0 Å². The van der Waals surface area contributed by atoms with Crippen molar-refractivity contribution in [3.8, 4) is 6.07 Å². The summed E-state index contributed by atoms with van der Waals surface area (Å²) >= 11 is 0. The van der Waals surface area contributed by atoms with E-state index in [1.54, 1.807) is 6.33 Å².